The quantitative estimate of drug-likeness (QED) is 0.628. The Morgan fingerprint density at radius 3 is 2.67 bits per heavy atom. The molecule has 0 saturated heterocycles. The van der Waals surface area contributed by atoms with Crippen molar-refractivity contribution in [2.45, 2.75) is 0 Å². The largest absolute Gasteiger partial charge is 0.282 e. The van der Waals surface area contributed by atoms with E-state index >= 15 is 0 Å². The van der Waals surface area contributed by atoms with E-state index in [1.165, 1.54) is 22.8 Å². The van der Waals surface area contributed by atoms with Crippen molar-refractivity contribution >= 4 is 33.2 Å². The molecule has 0 aliphatic rings. The normalized spacial score (nSPS) is 10.3. The van der Waals surface area contributed by atoms with E-state index in [0.29, 0.717) is 10.2 Å². The molecule has 1 heterocycles. The number of nitrogens with zero attached hydrogens (tertiary/aromatic N) is 2. The third kappa shape index (κ3) is 2.30. The first-order valence-corrected chi connectivity index (χ1v) is 5.99. The van der Waals surface area contributed by atoms with Gasteiger partial charge in [-0.3, -0.25) is 19.5 Å². The van der Waals surface area contributed by atoms with E-state index in [1.54, 1.807) is 18.3 Å². The molecular weight excluding hydrogens is 323 g/mol. The van der Waals surface area contributed by atoms with Gasteiger partial charge in [0.25, 0.3) is 11.2 Å². The fourth-order valence-electron chi connectivity index (χ4n) is 1.46. The van der Waals surface area contributed by atoms with Crippen LogP contribution in [-0.4, -0.2) is 9.49 Å². The lowest BCUT2D eigenvalue weighted by atomic mass is 10.2. The molecule has 0 aliphatic heterocycles. The molecule has 1 aromatic heterocycles. The standard InChI is InChI=1S/C11H6BrClN2O3/c12-8-2-1-5-14(11(8)16)10-4-3-7(15(17)18)6-9(10)13/h1-6H. The van der Waals surface area contributed by atoms with Gasteiger partial charge in [0, 0.05) is 18.3 Å². The molecule has 2 rings (SSSR count). The molecule has 0 saturated carbocycles. The second-order valence-electron chi connectivity index (χ2n) is 3.42. The SMILES string of the molecule is O=c1c(Br)cccn1-c1ccc([N+](=O)[O-])cc1Cl. The van der Waals surface area contributed by atoms with Crippen LogP contribution < -0.4 is 5.56 Å². The summed E-state index contributed by atoms with van der Waals surface area (Å²) in [5.41, 5.74) is -0.00591. The average molecular weight is 330 g/mol. The first kappa shape index (κ1) is 12.8. The van der Waals surface area contributed by atoms with Crippen LogP contribution in [0.3, 0.4) is 0 Å². The predicted octanol–water partition coefficient (Wildman–Crippen LogP) is 3.16. The molecule has 0 radical (unpaired) electrons. The summed E-state index contributed by atoms with van der Waals surface area (Å²) < 4.78 is 1.70. The molecule has 2 aromatic rings. The van der Waals surface area contributed by atoms with Crippen molar-refractivity contribution < 1.29 is 4.92 Å². The number of pyridine rings is 1. The van der Waals surface area contributed by atoms with Crippen molar-refractivity contribution in [1.82, 2.24) is 4.57 Å². The topological polar surface area (TPSA) is 65.1 Å². The zero-order valence-corrected chi connectivity index (χ0v) is 11.2. The van der Waals surface area contributed by atoms with Crippen LogP contribution in [0.5, 0.6) is 0 Å². The number of benzene rings is 1. The molecule has 0 bridgehead atoms. The monoisotopic (exact) mass is 328 g/mol. The minimum atomic E-state index is -0.542. The molecule has 0 spiro atoms. The first-order chi connectivity index (χ1) is 8.50. The van der Waals surface area contributed by atoms with E-state index in [1.807, 2.05) is 0 Å². The molecule has 0 fully saturated rings. The zero-order valence-electron chi connectivity index (χ0n) is 8.84. The van der Waals surface area contributed by atoms with Gasteiger partial charge in [0.2, 0.25) is 0 Å². The molecule has 92 valence electrons. The second-order valence-corrected chi connectivity index (χ2v) is 4.69. The molecule has 0 aliphatic carbocycles. The molecule has 7 heteroatoms. The van der Waals surface area contributed by atoms with Gasteiger partial charge in [0.05, 0.1) is 20.1 Å². The van der Waals surface area contributed by atoms with Gasteiger partial charge in [-0.05, 0) is 34.1 Å². The lowest BCUT2D eigenvalue weighted by molar-refractivity contribution is -0.384. The van der Waals surface area contributed by atoms with Gasteiger partial charge >= 0.3 is 0 Å². The van der Waals surface area contributed by atoms with Gasteiger partial charge in [-0.2, -0.15) is 0 Å². The second kappa shape index (κ2) is 4.91. The molecule has 1 aromatic carbocycles. The third-order valence-electron chi connectivity index (χ3n) is 2.30. The van der Waals surface area contributed by atoms with E-state index in [4.69, 9.17) is 11.6 Å². The Morgan fingerprint density at radius 2 is 2.06 bits per heavy atom. The average Bonchev–Trinajstić information content (AvgIpc) is 2.33. The van der Waals surface area contributed by atoms with E-state index in [-0.39, 0.29) is 16.3 Å². The molecule has 0 atom stereocenters. The summed E-state index contributed by atoms with van der Waals surface area (Å²) in [6.45, 7) is 0. The van der Waals surface area contributed by atoms with Crippen LogP contribution in [0.15, 0.2) is 45.8 Å². The maximum absolute atomic E-state index is 11.9. The number of halogens is 2. The summed E-state index contributed by atoms with van der Waals surface area (Å²) in [5, 5.41) is 10.7. The lowest BCUT2D eigenvalue weighted by Gasteiger charge is -2.07. The highest BCUT2D eigenvalue weighted by Crippen LogP contribution is 2.24. The first-order valence-electron chi connectivity index (χ1n) is 4.82. The molecule has 0 amide bonds. The van der Waals surface area contributed by atoms with Crippen molar-refractivity contribution in [3.63, 3.8) is 0 Å². The highest BCUT2D eigenvalue weighted by molar-refractivity contribution is 9.10. The Labute approximate surface area is 115 Å². The summed E-state index contributed by atoms with van der Waals surface area (Å²) in [5.74, 6) is 0. The molecular formula is C11H6BrClN2O3. The van der Waals surface area contributed by atoms with Crippen molar-refractivity contribution in [3.05, 3.63) is 66.5 Å². The van der Waals surface area contributed by atoms with Crippen LogP contribution in [0.25, 0.3) is 5.69 Å². The number of hydrogen-bond donors (Lipinski definition) is 0. The number of aromatic nitrogens is 1. The minimum absolute atomic E-state index is 0.119. The summed E-state index contributed by atoms with van der Waals surface area (Å²) >= 11 is 9.07. The van der Waals surface area contributed by atoms with E-state index in [9.17, 15) is 14.9 Å². The number of rotatable bonds is 2. The molecule has 18 heavy (non-hydrogen) atoms. The molecule has 0 unspecified atom stereocenters. The van der Waals surface area contributed by atoms with Crippen molar-refractivity contribution in [2.75, 3.05) is 0 Å². The number of non-ortho nitro benzene ring substituents is 1. The van der Waals surface area contributed by atoms with Crippen LogP contribution in [-0.2, 0) is 0 Å². The Balaban J connectivity index is 2.62. The highest BCUT2D eigenvalue weighted by atomic mass is 79.9. The van der Waals surface area contributed by atoms with E-state index in [0.717, 1.165) is 0 Å². The highest BCUT2D eigenvalue weighted by Gasteiger charge is 2.12. The van der Waals surface area contributed by atoms with Crippen molar-refractivity contribution in [1.29, 1.82) is 0 Å². The van der Waals surface area contributed by atoms with Crippen LogP contribution >= 0.6 is 27.5 Å². The van der Waals surface area contributed by atoms with Gasteiger partial charge in [0.15, 0.2) is 0 Å². The van der Waals surface area contributed by atoms with Gasteiger partial charge < -0.3 is 0 Å². The van der Waals surface area contributed by atoms with Crippen molar-refractivity contribution in [3.8, 4) is 5.69 Å². The van der Waals surface area contributed by atoms with E-state index in [2.05, 4.69) is 15.9 Å². The maximum Gasteiger partial charge on any atom is 0.271 e. The van der Waals surface area contributed by atoms with Crippen LogP contribution in [0.1, 0.15) is 0 Å². The molecule has 0 N–H and O–H groups in total. The fraction of sp³-hybridized carbons (Fsp3) is 0. The van der Waals surface area contributed by atoms with Gasteiger partial charge in [-0.25, -0.2) is 0 Å². The Bertz CT molecular complexity index is 684. The minimum Gasteiger partial charge on any atom is -0.282 e. The Morgan fingerprint density at radius 1 is 1.33 bits per heavy atom. The smallest absolute Gasteiger partial charge is 0.271 e. The fourth-order valence-corrected chi connectivity index (χ4v) is 2.07. The van der Waals surface area contributed by atoms with Crippen LogP contribution in [0.2, 0.25) is 5.02 Å². The van der Waals surface area contributed by atoms with Gasteiger partial charge in [0.1, 0.15) is 0 Å². The van der Waals surface area contributed by atoms with Crippen LogP contribution in [0, 0.1) is 10.1 Å². The van der Waals surface area contributed by atoms with Gasteiger partial charge in [-0.15, -0.1) is 0 Å². The lowest BCUT2D eigenvalue weighted by Crippen LogP contribution is -2.18. The van der Waals surface area contributed by atoms with Gasteiger partial charge in [-0.1, -0.05) is 11.6 Å². The number of hydrogen-bond acceptors (Lipinski definition) is 3. The summed E-state index contributed by atoms with van der Waals surface area (Å²) in [6, 6.07) is 7.23. The van der Waals surface area contributed by atoms with E-state index < -0.39 is 4.92 Å². The Kier molecular flexibility index (Phi) is 3.49. The molecule has 5 nitrogen and oxygen atoms in total. The Hall–Kier alpha value is -1.66. The summed E-state index contributed by atoms with van der Waals surface area (Å²) in [7, 11) is 0. The predicted molar refractivity (Wildman–Crippen MR) is 71.4 cm³/mol. The number of nitro benzene ring substituents is 1. The van der Waals surface area contributed by atoms with Crippen LogP contribution in [0.4, 0.5) is 5.69 Å². The van der Waals surface area contributed by atoms with Crippen molar-refractivity contribution in [2.24, 2.45) is 0 Å². The summed E-state index contributed by atoms with van der Waals surface area (Å²) in [4.78, 5) is 21.9. The number of nitro groups is 1. The zero-order chi connectivity index (χ0) is 13.3. The maximum atomic E-state index is 11.9. The summed E-state index contributed by atoms with van der Waals surface area (Å²) in [6.07, 6.45) is 1.54. The third-order valence-corrected chi connectivity index (χ3v) is 3.21.